The third-order valence-electron chi connectivity index (χ3n) is 4.19. The van der Waals surface area contributed by atoms with E-state index in [0.717, 1.165) is 23.3 Å². The molecule has 1 N–H and O–H groups in total. The summed E-state index contributed by atoms with van der Waals surface area (Å²) in [6.07, 6.45) is 2.52. The molecule has 0 aliphatic heterocycles. The standard InChI is InChI=1S/C24H23IN2O3/c1-2-15-29-22-13-9-19(10-14-22)24(28)27-26-16-20-5-3-4-6-23(20)30-17-18-7-11-21(25)12-8-18/h3-14,16H,2,15,17H2,1H3,(H,27,28)/b26-16+. The van der Waals surface area contributed by atoms with Gasteiger partial charge in [0.2, 0.25) is 0 Å². The van der Waals surface area contributed by atoms with Gasteiger partial charge in [-0.2, -0.15) is 5.10 Å². The zero-order valence-electron chi connectivity index (χ0n) is 16.7. The number of carbonyl (C=O) groups excluding carboxylic acids is 1. The van der Waals surface area contributed by atoms with Crippen LogP contribution in [0.3, 0.4) is 0 Å². The molecule has 0 aliphatic rings. The number of amides is 1. The quantitative estimate of drug-likeness (QED) is 0.236. The van der Waals surface area contributed by atoms with Gasteiger partial charge >= 0.3 is 0 Å². The zero-order chi connectivity index (χ0) is 21.2. The van der Waals surface area contributed by atoms with Gasteiger partial charge in [-0.15, -0.1) is 0 Å². The summed E-state index contributed by atoms with van der Waals surface area (Å²) in [6.45, 7) is 3.16. The van der Waals surface area contributed by atoms with Crippen LogP contribution in [0.2, 0.25) is 0 Å². The fourth-order valence-corrected chi connectivity index (χ4v) is 2.97. The van der Waals surface area contributed by atoms with Gasteiger partial charge in [0, 0.05) is 14.7 Å². The van der Waals surface area contributed by atoms with Crippen LogP contribution in [-0.2, 0) is 6.61 Å². The van der Waals surface area contributed by atoms with Crippen molar-refractivity contribution in [3.8, 4) is 11.5 Å². The van der Waals surface area contributed by atoms with Crippen LogP contribution < -0.4 is 14.9 Å². The summed E-state index contributed by atoms with van der Waals surface area (Å²) in [7, 11) is 0. The molecule has 0 heterocycles. The number of hydrogen-bond donors (Lipinski definition) is 1. The maximum atomic E-state index is 12.3. The summed E-state index contributed by atoms with van der Waals surface area (Å²) < 4.78 is 12.6. The van der Waals surface area contributed by atoms with Crippen LogP contribution in [0.25, 0.3) is 0 Å². The Morgan fingerprint density at radius 3 is 2.47 bits per heavy atom. The van der Waals surface area contributed by atoms with Gasteiger partial charge in [-0.1, -0.05) is 31.2 Å². The number of nitrogens with one attached hydrogen (secondary N) is 1. The van der Waals surface area contributed by atoms with Gasteiger partial charge in [-0.3, -0.25) is 4.79 Å². The molecule has 0 fully saturated rings. The summed E-state index contributed by atoms with van der Waals surface area (Å²) in [6, 6.07) is 22.7. The Balaban J connectivity index is 1.58. The molecule has 0 spiro atoms. The molecule has 3 aromatic carbocycles. The predicted molar refractivity (Wildman–Crippen MR) is 127 cm³/mol. The van der Waals surface area contributed by atoms with Gasteiger partial charge in [0.15, 0.2) is 0 Å². The molecule has 0 bridgehead atoms. The first-order chi connectivity index (χ1) is 14.7. The van der Waals surface area contributed by atoms with E-state index in [4.69, 9.17) is 9.47 Å². The second kappa shape index (κ2) is 11.3. The number of ether oxygens (including phenoxy) is 2. The molecule has 5 nitrogen and oxygen atoms in total. The van der Waals surface area contributed by atoms with Crippen molar-refractivity contribution in [3.05, 3.63) is 93.1 Å². The van der Waals surface area contributed by atoms with Crippen LogP contribution in [0.15, 0.2) is 77.9 Å². The Labute approximate surface area is 190 Å². The van der Waals surface area contributed by atoms with Crippen molar-refractivity contribution in [2.75, 3.05) is 6.61 Å². The Hall–Kier alpha value is -2.87. The number of halogens is 1. The average molecular weight is 514 g/mol. The molecule has 1 amide bonds. The smallest absolute Gasteiger partial charge is 0.271 e. The average Bonchev–Trinajstić information content (AvgIpc) is 2.78. The summed E-state index contributed by atoms with van der Waals surface area (Å²) >= 11 is 2.27. The SMILES string of the molecule is CCCOc1ccc(C(=O)N/N=C/c2ccccc2OCc2ccc(I)cc2)cc1. The van der Waals surface area contributed by atoms with Gasteiger partial charge in [0.25, 0.3) is 5.91 Å². The van der Waals surface area contributed by atoms with Crippen molar-refractivity contribution in [1.29, 1.82) is 0 Å². The Bertz CT molecular complexity index is 986. The number of hydrazone groups is 1. The van der Waals surface area contributed by atoms with E-state index in [9.17, 15) is 4.79 Å². The number of para-hydroxylation sites is 1. The first-order valence-corrected chi connectivity index (χ1v) is 10.8. The van der Waals surface area contributed by atoms with Crippen LogP contribution in [0, 0.1) is 3.57 Å². The lowest BCUT2D eigenvalue weighted by Crippen LogP contribution is -2.17. The summed E-state index contributed by atoms with van der Waals surface area (Å²) in [5.74, 6) is 1.16. The highest BCUT2D eigenvalue weighted by Crippen LogP contribution is 2.18. The van der Waals surface area contributed by atoms with Crippen LogP contribution >= 0.6 is 22.6 Å². The maximum absolute atomic E-state index is 12.3. The van der Waals surface area contributed by atoms with Crippen molar-refractivity contribution < 1.29 is 14.3 Å². The minimum Gasteiger partial charge on any atom is -0.494 e. The minimum absolute atomic E-state index is 0.287. The Morgan fingerprint density at radius 1 is 1.00 bits per heavy atom. The number of benzene rings is 3. The minimum atomic E-state index is -0.287. The molecule has 0 radical (unpaired) electrons. The van der Waals surface area contributed by atoms with Crippen LogP contribution in [0.1, 0.15) is 34.8 Å². The summed E-state index contributed by atoms with van der Waals surface area (Å²) in [5, 5.41) is 4.08. The molecular formula is C24H23IN2O3. The number of hydrogen-bond acceptors (Lipinski definition) is 4. The van der Waals surface area contributed by atoms with Crippen molar-refractivity contribution in [1.82, 2.24) is 5.43 Å². The summed E-state index contributed by atoms with van der Waals surface area (Å²) in [5.41, 5.74) is 4.93. The number of nitrogens with zero attached hydrogens (tertiary/aromatic N) is 1. The fraction of sp³-hybridized carbons (Fsp3) is 0.167. The van der Waals surface area contributed by atoms with E-state index in [0.29, 0.717) is 24.5 Å². The van der Waals surface area contributed by atoms with Gasteiger partial charge in [0.1, 0.15) is 18.1 Å². The summed E-state index contributed by atoms with van der Waals surface area (Å²) in [4.78, 5) is 12.3. The normalized spacial score (nSPS) is 10.7. The van der Waals surface area contributed by atoms with Crippen molar-refractivity contribution in [2.24, 2.45) is 5.10 Å². The van der Waals surface area contributed by atoms with Crippen LogP contribution in [0.4, 0.5) is 0 Å². The highest BCUT2D eigenvalue weighted by molar-refractivity contribution is 14.1. The van der Waals surface area contributed by atoms with Crippen molar-refractivity contribution in [2.45, 2.75) is 20.0 Å². The molecule has 3 rings (SSSR count). The first kappa shape index (κ1) is 21.8. The van der Waals surface area contributed by atoms with Crippen LogP contribution in [-0.4, -0.2) is 18.7 Å². The molecule has 30 heavy (non-hydrogen) atoms. The third kappa shape index (κ3) is 6.59. The fourth-order valence-electron chi connectivity index (χ4n) is 2.61. The van der Waals surface area contributed by atoms with E-state index in [2.05, 4.69) is 33.1 Å². The van der Waals surface area contributed by atoms with E-state index in [1.807, 2.05) is 55.5 Å². The Morgan fingerprint density at radius 2 is 1.73 bits per heavy atom. The lowest BCUT2D eigenvalue weighted by Gasteiger charge is -2.09. The zero-order valence-corrected chi connectivity index (χ0v) is 18.8. The molecular weight excluding hydrogens is 491 g/mol. The van der Waals surface area contributed by atoms with E-state index in [-0.39, 0.29) is 5.91 Å². The lowest BCUT2D eigenvalue weighted by molar-refractivity contribution is 0.0955. The van der Waals surface area contributed by atoms with E-state index < -0.39 is 0 Å². The lowest BCUT2D eigenvalue weighted by atomic mass is 10.2. The molecule has 6 heteroatoms. The van der Waals surface area contributed by atoms with Crippen molar-refractivity contribution >= 4 is 34.7 Å². The molecule has 0 aliphatic carbocycles. The molecule has 3 aromatic rings. The van der Waals surface area contributed by atoms with Gasteiger partial charge in [0.05, 0.1) is 12.8 Å². The number of rotatable bonds is 9. The molecule has 0 saturated heterocycles. The highest BCUT2D eigenvalue weighted by atomic mass is 127. The van der Waals surface area contributed by atoms with E-state index >= 15 is 0 Å². The topological polar surface area (TPSA) is 59.9 Å². The van der Waals surface area contributed by atoms with E-state index in [1.54, 1.807) is 30.5 Å². The predicted octanol–water partition coefficient (Wildman–Crippen LogP) is 5.42. The highest BCUT2D eigenvalue weighted by Gasteiger charge is 2.05. The third-order valence-corrected chi connectivity index (χ3v) is 4.90. The maximum Gasteiger partial charge on any atom is 0.271 e. The van der Waals surface area contributed by atoms with Gasteiger partial charge in [-0.25, -0.2) is 5.43 Å². The Kier molecular flexibility index (Phi) is 8.26. The van der Waals surface area contributed by atoms with E-state index in [1.165, 1.54) is 3.57 Å². The molecule has 0 unspecified atom stereocenters. The largest absolute Gasteiger partial charge is 0.494 e. The number of carbonyl (C=O) groups is 1. The van der Waals surface area contributed by atoms with Gasteiger partial charge in [-0.05, 0) is 83.1 Å². The van der Waals surface area contributed by atoms with Gasteiger partial charge < -0.3 is 9.47 Å². The first-order valence-electron chi connectivity index (χ1n) is 9.68. The molecule has 0 atom stereocenters. The second-order valence-corrected chi connectivity index (χ2v) is 7.77. The second-order valence-electron chi connectivity index (χ2n) is 6.52. The molecule has 0 saturated carbocycles. The molecule has 0 aromatic heterocycles. The van der Waals surface area contributed by atoms with Crippen molar-refractivity contribution in [3.63, 3.8) is 0 Å². The van der Waals surface area contributed by atoms with Crippen LogP contribution in [0.5, 0.6) is 11.5 Å². The molecule has 154 valence electrons. The monoisotopic (exact) mass is 514 g/mol.